The summed E-state index contributed by atoms with van der Waals surface area (Å²) in [5.41, 5.74) is 7.71. The van der Waals surface area contributed by atoms with Gasteiger partial charge in [-0.25, -0.2) is 0 Å². The molecule has 0 saturated heterocycles. The molecule has 3 aromatic rings. The summed E-state index contributed by atoms with van der Waals surface area (Å²) in [5.74, 6) is -0.0957. The number of amides is 2. The van der Waals surface area contributed by atoms with Gasteiger partial charge in [-0.3, -0.25) is 9.59 Å². The number of primary amides is 1. The maximum absolute atomic E-state index is 12.8. The second-order valence-corrected chi connectivity index (χ2v) is 8.04. The van der Waals surface area contributed by atoms with Crippen molar-refractivity contribution < 1.29 is 9.59 Å². The van der Waals surface area contributed by atoms with Crippen molar-refractivity contribution in [2.24, 2.45) is 11.7 Å². The highest BCUT2D eigenvalue weighted by molar-refractivity contribution is 7.17. The molecule has 0 spiro atoms. The zero-order valence-electron chi connectivity index (χ0n) is 14.5. The highest BCUT2D eigenvalue weighted by Crippen LogP contribution is 2.39. The van der Waals surface area contributed by atoms with Crippen LogP contribution in [0.4, 0.5) is 5.00 Å². The summed E-state index contributed by atoms with van der Waals surface area (Å²) >= 11 is 1.49. The normalized spacial score (nSPS) is 16.3. The van der Waals surface area contributed by atoms with Gasteiger partial charge in [0, 0.05) is 10.4 Å². The molecule has 2 aromatic carbocycles. The van der Waals surface area contributed by atoms with E-state index in [1.807, 2.05) is 36.4 Å². The Balaban J connectivity index is 1.67. The molecule has 1 atom stereocenters. The molecule has 1 aliphatic rings. The zero-order chi connectivity index (χ0) is 18.3. The van der Waals surface area contributed by atoms with Crippen LogP contribution < -0.4 is 11.1 Å². The van der Waals surface area contributed by atoms with Crippen LogP contribution in [0, 0.1) is 5.92 Å². The van der Waals surface area contributed by atoms with E-state index in [1.165, 1.54) is 16.2 Å². The number of nitrogens with two attached hydrogens (primary N) is 1. The summed E-state index contributed by atoms with van der Waals surface area (Å²) in [6, 6.07) is 13.5. The third kappa shape index (κ3) is 2.99. The molecule has 3 N–H and O–H groups in total. The van der Waals surface area contributed by atoms with Gasteiger partial charge in [-0.1, -0.05) is 37.3 Å². The van der Waals surface area contributed by atoms with E-state index in [9.17, 15) is 9.59 Å². The van der Waals surface area contributed by atoms with Gasteiger partial charge in [0.1, 0.15) is 5.00 Å². The summed E-state index contributed by atoms with van der Waals surface area (Å²) in [6.07, 6.45) is 2.82. The summed E-state index contributed by atoms with van der Waals surface area (Å²) in [4.78, 5) is 25.9. The number of fused-ring (bicyclic) bond motifs is 2. The maximum Gasteiger partial charge on any atom is 0.256 e. The van der Waals surface area contributed by atoms with Gasteiger partial charge in [0.2, 0.25) is 0 Å². The molecule has 1 aromatic heterocycles. The van der Waals surface area contributed by atoms with Crippen molar-refractivity contribution in [3.63, 3.8) is 0 Å². The zero-order valence-corrected chi connectivity index (χ0v) is 15.4. The van der Waals surface area contributed by atoms with Gasteiger partial charge >= 0.3 is 0 Å². The number of hydrogen-bond donors (Lipinski definition) is 2. The Morgan fingerprint density at radius 1 is 1.15 bits per heavy atom. The van der Waals surface area contributed by atoms with Crippen LogP contribution in [0.1, 0.15) is 44.5 Å². The average Bonchev–Trinajstić information content (AvgIpc) is 2.98. The Hall–Kier alpha value is -2.66. The van der Waals surface area contributed by atoms with Gasteiger partial charge < -0.3 is 11.1 Å². The average molecular weight is 364 g/mol. The van der Waals surface area contributed by atoms with E-state index in [1.54, 1.807) is 6.07 Å². The smallest absolute Gasteiger partial charge is 0.256 e. The molecule has 0 bridgehead atoms. The fourth-order valence-corrected chi connectivity index (χ4v) is 5.02. The molecule has 1 heterocycles. The first-order valence-corrected chi connectivity index (χ1v) is 9.59. The predicted octanol–water partition coefficient (Wildman–Crippen LogP) is 4.38. The predicted molar refractivity (Wildman–Crippen MR) is 106 cm³/mol. The second-order valence-electron chi connectivity index (χ2n) is 6.94. The quantitative estimate of drug-likeness (QED) is 0.724. The topological polar surface area (TPSA) is 72.2 Å². The number of anilines is 1. The molecular formula is C21H20N2O2S. The van der Waals surface area contributed by atoms with Gasteiger partial charge in [0.15, 0.2) is 0 Å². The number of rotatable bonds is 3. The monoisotopic (exact) mass is 364 g/mol. The lowest BCUT2D eigenvalue weighted by atomic mass is 9.88. The van der Waals surface area contributed by atoms with E-state index < -0.39 is 5.91 Å². The fourth-order valence-electron chi connectivity index (χ4n) is 3.61. The molecule has 132 valence electrons. The van der Waals surface area contributed by atoms with Crippen LogP contribution in [0.5, 0.6) is 0 Å². The van der Waals surface area contributed by atoms with E-state index in [2.05, 4.69) is 12.2 Å². The van der Waals surface area contributed by atoms with Crippen LogP contribution in [0.2, 0.25) is 0 Å². The molecule has 0 fully saturated rings. The van der Waals surface area contributed by atoms with Crippen LogP contribution in [0.25, 0.3) is 10.8 Å². The van der Waals surface area contributed by atoms with Crippen molar-refractivity contribution in [2.75, 3.05) is 5.32 Å². The van der Waals surface area contributed by atoms with Crippen LogP contribution in [0.15, 0.2) is 42.5 Å². The highest BCUT2D eigenvalue weighted by Gasteiger charge is 2.27. The molecule has 4 nitrogen and oxygen atoms in total. The number of carbonyl (C=O) groups is 2. The van der Waals surface area contributed by atoms with Gasteiger partial charge in [-0.05, 0) is 53.6 Å². The molecule has 0 saturated carbocycles. The van der Waals surface area contributed by atoms with E-state index in [0.717, 1.165) is 35.6 Å². The first-order valence-electron chi connectivity index (χ1n) is 8.77. The highest BCUT2D eigenvalue weighted by atomic mass is 32.1. The molecular weight excluding hydrogens is 344 g/mol. The minimum atomic E-state index is -0.467. The molecule has 26 heavy (non-hydrogen) atoms. The van der Waals surface area contributed by atoms with Crippen LogP contribution in [0.3, 0.4) is 0 Å². The largest absolute Gasteiger partial charge is 0.365 e. The minimum Gasteiger partial charge on any atom is -0.365 e. The third-order valence-electron chi connectivity index (χ3n) is 5.00. The van der Waals surface area contributed by atoms with Gasteiger partial charge in [0.25, 0.3) is 11.8 Å². The van der Waals surface area contributed by atoms with Crippen molar-refractivity contribution in [2.45, 2.75) is 26.2 Å². The van der Waals surface area contributed by atoms with Crippen LogP contribution >= 0.6 is 11.3 Å². The summed E-state index contributed by atoms with van der Waals surface area (Å²) in [6.45, 7) is 2.21. The van der Waals surface area contributed by atoms with Crippen molar-refractivity contribution in [3.05, 3.63) is 64.0 Å². The number of nitrogens with one attached hydrogen (secondary N) is 1. The van der Waals surface area contributed by atoms with Crippen molar-refractivity contribution >= 4 is 38.9 Å². The standard InChI is InChI=1S/C21H20N2O2S/c1-12-6-9-16-17(10-12)26-21(18(16)19(22)24)23-20(25)15-8-7-13-4-2-3-5-14(13)11-15/h2-5,7-8,11-12H,6,9-10H2,1H3,(H2,22,24)(H,23,25)/t12-/m0/s1. The molecule has 4 rings (SSSR count). The SMILES string of the molecule is C[C@H]1CCc2c(sc(NC(=O)c3ccc4ccccc4c3)c2C(N)=O)C1. The van der Waals surface area contributed by atoms with Crippen molar-refractivity contribution in [3.8, 4) is 0 Å². The molecule has 0 aliphatic heterocycles. The van der Waals surface area contributed by atoms with E-state index in [4.69, 9.17) is 5.73 Å². The molecule has 0 radical (unpaired) electrons. The lowest BCUT2D eigenvalue weighted by Crippen LogP contribution is -2.19. The van der Waals surface area contributed by atoms with E-state index in [-0.39, 0.29) is 5.91 Å². The Bertz CT molecular complexity index is 1020. The molecule has 1 aliphatic carbocycles. The first-order chi connectivity index (χ1) is 12.5. The lowest BCUT2D eigenvalue weighted by molar-refractivity contribution is 0.1000. The van der Waals surface area contributed by atoms with E-state index in [0.29, 0.717) is 22.0 Å². The number of benzene rings is 2. The molecule has 0 unspecified atom stereocenters. The van der Waals surface area contributed by atoms with Gasteiger partial charge in [-0.15, -0.1) is 11.3 Å². The van der Waals surface area contributed by atoms with Crippen LogP contribution in [-0.4, -0.2) is 11.8 Å². The number of thiophene rings is 1. The van der Waals surface area contributed by atoms with Crippen molar-refractivity contribution in [1.82, 2.24) is 0 Å². The van der Waals surface area contributed by atoms with Crippen LogP contribution in [-0.2, 0) is 12.8 Å². The van der Waals surface area contributed by atoms with Crippen molar-refractivity contribution in [1.29, 1.82) is 0 Å². The fraction of sp³-hybridized carbons (Fsp3) is 0.238. The third-order valence-corrected chi connectivity index (χ3v) is 6.17. The number of hydrogen-bond acceptors (Lipinski definition) is 3. The Morgan fingerprint density at radius 3 is 2.69 bits per heavy atom. The summed E-state index contributed by atoms with van der Waals surface area (Å²) in [5, 5.41) is 5.60. The van der Waals surface area contributed by atoms with Gasteiger partial charge in [0.05, 0.1) is 5.56 Å². The summed E-state index contributed by atoms with van der Waals surface area (Å²) in [7, 11) is 0. The Labute approximate surface area is 156 Å². The second kappa shape index (κ2) is 6.57. The molecule has 2 amide bonds. The maximum atomic E-state index is 12.8. The van der Waals surface area contributed by atoms with Gasteiger partial charge in [-0.2, -0.15) is 0 Å². The Kier molecular flexibility index (Phi) is 4.24. The lowest BCUT2D eigenvalue weighted by Gasteiger charge is -2.18. The molecule has 5 heteroatoms. The summed E-state index contributed by atoms with van der Waals surface area (Å²) < 4.78 is 0. The first kappa shape index (κ1) is 16.8. The minimum absolute atomic E-state index is 0.218. The van der Waals surface area contributed by atoms with E-state index >= 15 is 0 Å². The number of carbonyl (C=O) groups excluding carboxylic acids is 2. The Morgan fingerprint density at radius 2 is 1.92 bits per heavy atom.